The van der Waals surface area contributed by atoms with Crippen molar-refractivity contribution < 1.29 is 38.9 Å². The molecule has 1 aromatic carbocycles. The van der Waals surface area contributed by atoms with Crippen LogP contribution in [0.15, 0.2) is 30.5 Å². The summed E-state index contributed by atoms with van der Waals surface area (Å²) in [4.78, 5) is 77.8. The number of aliphatic carboxylic acids is 2. The lowest BCUT2D eigenvalue weighted by molar-refractivity contribution is -0.140. The van der Waals surface area contributed by atoms with Crippen molar-refractivity contribution in [2.45, 2.75) is 25.3 Å². The molecule has 3 N–H and O–H groups in total. The van der Waals surface area contributed by atoms with Crippen molar-refractivity contribution in [3.63, 3.8) is 0 Å². The van der Waals surface area contributed by atoms with Gasteiger partial charge in [-0.25, -0.2) is 0 Å². The summed E-state index contributed by atoms with van der Waals surface area (Å²) in [5, 5.41) is 31.3. The standard InChI is InChI=1S/C38H51N9O8/c39-18-29-3-1-9-47(29)34(48)19-41-38(54)31-6-7-40-33-5-4-30(17-32(31)33)55-16-2-8-45-20-27-22-46(23-28(27)21-45)35(49)24-42-10-12-43(25-36(50)51)14-15-44(13-11-42)26-37(52)53/h4-7,17,27-29H,1-3,8-16,19-26H2,(H,41,54)(H,50,51)(H,52,53). The van der Waals surface area contributed by atoms with Gasteiger partial charge in [0, 0.05) is 90.1 Å². The molecule has 1 aromatic heterocycles. The fraction of sp³-hybridized carbons (Fsp3) is 0.605. The zero-order valence-corrected chi connectivity index (χ0v) is 31.2. The number of ether oxygens (including phenoxy) is 1. The van der Waals surface area contributed by atoms with Crippen LogP contribution in [0.25, 0.3) is 10.9 Å². The lowest BCUT2D eigenvalue weighted by Crippen LogP contribution is -2.44. The summed E-state index contributed by atoms with van der Waals surface area (Å²) in [7, 11) is 0. The van der Waals surface area contributed by atoms with Crippen molar-refractivity contribution in [1.29, 1.82) is 5.26 Å². The molecule has 55 heavy (non-hydrogen) atoms. The van der Waals surface area contributed by atoms with Gasteiger partial charge in [-0.3, -0.25) is 43.7 Å². The summed E-state index contributed by atoms with van der Waals surface area (Å²) in [6.07, 6.45) is 3.78. The first-order valence-corrected chi connectivity index (χ1v) is 19.2. The van der Waals surface area contributed by atoms with E-state index in [9.17, 15) is 39.4 Å². The summed E-state index contributed by atoms with van der Waals surface area (Å²) in [6, 6.07) is 8.75. The zero-order chi connectivity index (χ0) is 38.9. The Morgan fingerprint density at radius 1 is 0.818 bits per heavy atom. The van der Waals surface area contributed by atoms with E-state index >= 15 is 0 Å². The number of carboxylic acids is 2. The molecule has 4 fully saturated rings. The second kappa shape index (κ2) is 18.6. The number of carboxylic acid groups (broad SMARTS) is 2. The van der Waals surface area contributed by atoms with E-state index in [1.54, 1.807) is 34.2 Å². The molecule has 4 aliphatic heterocycles. The van der Waals surface area contributed by atoms with Crippen LogP contribution in [0.1, 0.15) is 29.6 Å². The Kier molecular flexibility index (Phi) is 13.5. The Morgan fingerprint density at radius 2 is 1.45 bits per heavy atom. The number of nitriles is 1. The maximum Gasteiger partial charge on any atom is 0.317 e. The Labute approximate surface area is 320 Å². The molecule has 0 aliphatic carbocycles. The Morgan fingerprint density at radius 3 is 2.07 bits per heavy atom. The molecule has 4 aliphatic rings. The Balaban J connectivity index is 0.930. The van der Waals surface area contributed by atoms with Crippen molar-refractivity contribution in [2.75, 3.05) is 111 Å². The monoisotopic (exact) mass is 761 g/mol. The van der Waals surface area contributed by atoms with Gasteiger partial charge in [-0.2, -0.15) is 5.26 Å². The molecule has 0 saturated carbocycles. The van der Waals surface area contributed by atoms with Gasteiger partial charge in [0.25, 0.3) is 5.91 Å². The van der Waals surface area contributed by atoms with Crippen LogP contribution in [0, 0.1) is 23.2 Å². The number of pyridine rings is 1. The van der Waals surface area contributed by atoms with Gasteiger partial charge in [0.1, 0.15) is 11.8 Å². The van der Waals surface area contributed by atoms with Crippen molar-refractivity contribution in [3.05, 3.63) is 36.0 Å². The van der Waals surface area contributed by atoms with Gasteiger partial charge >= 0.3 is 11.9 Å². The van der Waals surface area contributed by atoms with Gasteiger partial charge in [0.2, 0.25) is 11.8 Å². The molecule has 6 rings (SSSR count). The van der Waals surface area contributed by atoms with Crippen LogP contribution in [0.4, 0.5) is 0 Å². The molecule has 3 unspecified atom stereocenters. The number of benzene rings is 1. The van der Waals surface area contributed by atoms with Gasteiger partial charge in [-0.1, -0.05) is 0 Å². The van der Waals surface area contributed by atoms with Gasteiger partial charge < -0.3 is 35.0 Å². The SMILES string of the molecule is N#CC1CCCN1C(=O)CNC(=O)c1ccnc2ccc(OCCCN3CC4CN(C(=O)CN5CCN(CC(=O)O)CCN(CC(=O)O)CC5)CC4C3)cc12. The number of hydrogen-bond donors (Lipinski definition) is 3. The Hall–Kier alpha value is -4.89. The van der Waals surface area contributed by atoms with Crippen LogP contribution in [-0.4, -0.2) is 192 Å². The summed E-state index contributed by atoms with van der Waals surface area (Å²) in [6.45, 7) is 7.84. The molecule has 4 saturated heterocycles. The number of carbonyl (C=O) groups is 5. The molecule has 3 atom stereocenters. The van der Waals surface area contributed by atoms with Gasteiger partial charge in [-0.15, -0.1) is 0 Å². The number of aromatic nitrogens is 1. The van der Waals surface area contributed by atoms with Crippen molar-refractivity contribution >= 4 is 40.6 Å². The van der Waals surface area contributed by atoms with Crippen LogP contribution >= 0.6 is 0 Å². The predicted molar refractivity (Wildman–Crippen MR) is 199 cm³/mol. The second-order valence-electron chi connectivity index (χ2n) is 15.0. The summed E-state index contributed by atoms with van der Waals surface area (Å²) in [5.74, 6) is -1.07. The number of amides is 3. The number of carbonyl (C=O) groups excluding carboxylic acids is 3. The van der Waals surface area contributed by atoms with Crippen LogP contribution in [0.2, 0.25) is 0 Å². The third kappa shape index (κ3) is 10.7. The molecule has 2 aromatic rings. The lowest BCUT2D eigenvalue weighted by atomic mass is 10.0. The first kappa shape index (κ1) is 39.8. The highest BCUT2D eigenvalue weighted by Crippen LogP contribution is 2.31. The van der Waals surface area contributed by atoms with Crippen LogP contribution in [0.5, 0.6) is 5.75 Å². The first-order chi connectivity index (χ1) is 26.6. The molecular weight excluding hydrogens is 710 g/mol. The number of likely N-dealkylation sites (tertiary alicyclic amines) is 3. The van der Waals surface area contributed by atoms with Crippen LogP contribution < -0.4 is 10.1 Å². The zero-order valence-electron chi connectivity index (χ0n) is 31.2. The summed E-state index contributed by atoms with van der Waals surface area (Å²) >= 11 is 0. The number of nitrogens with one attached hydrogen (secondary N) is 1. The number of nitrogens with zero attached hydrogens (tertiary/aromatic N) is 8. The van der Waals surface area contributed by atoms with Crippen molar-refractivity contribution in [1.82, 2.24) is 39.7 Å². The van der Waals surface area contributed by atoms with Crippen molar-refractivity contribution in [3.8, 4) is 11.8 Å². The van der Waals surface area contributed by atoms with Crippen LogP contribution in [0.3, 0.4) is 0 Å². The van der Waals surface area contributed by atoms with E-state index in [2.05, 4.69) is 21.3 Å². The number of fused-ring (bicyclic) bond motifs is 2. The minimum Gasteiger partial charge on any atom is -0.494 e. The molecule has 17 heteroatoms. The molecule has 0 radical (unpaired) electrons. The second-order valence-corrected chi connectivity index (χ2v) is 15.0. The molecule has 296 valence electrons. The smallest absolute Gasteiger partial charge is 0.317 e. The highest BCUT2D eigenvalue weighted by Gasteiger charge is 2.41. The van der Waals surface area contributed by atoms with E-state index in [-0.39, 0.29) is 38.0 Å². The maximum atomic E-state index is 13.4. The predicted octanol–water partition coefficient (Wildman–Crippen LogP) is -0.273. The molecule has 17 nitrogen and oxygen atoms in total. The normalized spacial score (nSPS) is 22.8. The van der Waals surface area contributed by atoms with E-state index < -0.39 is 23.9 Å². The molecule has 5 heterocycles. The van der Waals surface area contributed by atoms with Gasteiger partial charge in [0.15, 0.2) is 0 Å². The minimum absolute atomic E-state index is 0.0544. The van der Waals surface area contributed by atoms with Crippen LogP contribution in [-0.2, 0) is 19.2 Å². The summed E-state index contributed by atoms with van der Waals surface area (Å²) in [5.41, 5.74) is 1.02. The van der Waals surface area contributed by atoms with E-state index in [0.29, 0.717) is 106 Å². The van der Waals surface area contributed by atoms with Gasteiger partial charge in [0.05, 0.1) is 49.9 Å². The summed E-state index contributed by atoms with van der Waals surface area (Å²) < 4.78 is 6.09. The van der Waals surface area contributed by atoms with E-state index in [1.165, 1.54) is 4.90 Å². The lowest BCUT2D eigenvalue weighted by Gasteiger charge is -2.27. The minimum atomic E-state index is -0.932. The van der Waals surface area contributed by atoms with E-state index in [0.717, 1.165) is 32.5 Å². The highest BCUT2D eigenvalue weighted by molar-refractivity contribution is 6.07. The van der Waals surface area contributed by atoms with E-state index in [1.807, 2.05) is 15.9 Å². The topological polar surface area (TPSA) is 203 Å². The molecular formula is C38H51N9O8. The maximum absolute atomic E-state index is 13.4. The quantitative estimate of drug-likeness (QED) is 0.212. The fourth-order valence-corrected chi connectivity index (χ4v) is 8.25. The fourth-order valence-electron chi connectivity index (χ4n) is 8.25. The highest BCUT2D eigenvalue weighted by atomic mass is 16.5. The molecule has 3 amide bonds. The number of hydrogen-bond acceptors (Lipinski definition) is 12. The molecule has 0 spiro atoms. The van der Waals surface area contributed by atoms with Gasteiger partial charge in [-0.05, 0) is 55.4 Å². The van der Waals surface area contributed by atoms with Crippen molar-refractivity contribution in [2.24, 2.45) is 11.8 Å². The largest absolute Gasteiger partial charge is 0.494 e. The average molecular weight is 762 g/mol. The van der Waals surface area contributed by atoms with E-state index in [4.69, 9.17) is 4.74 Å². The number of rotatable bonds is 14. The Bertz CT molecular complexity index is 1730. The molecule has 0 bridgehead atoms. The third-order valence-corrected chi connectivity index (χ3v) is 11.2. The average Bonchev–Trinajstić information content (AvgIpc) is 3.91. The third-order valence-electron chi connectivity index (χ3n) is 11.2. The first-order valence-electron chi connectivity index (χ1n) is 19.2.